The van der Waals surface area contributed by atoms with Gasteiger partial charge in [0, 0.05) is 0 Å². The van der Waals surface area contributed by atoms with Crippen molar-refractivity contribution < 1.29 is 14.4 Å². The number of aryl methyl sites for hydroxylation is 1. The third kappa shape index (κ3) is 2.64. The summed E-state index contributed by atoms with van der Waals surface area (Å²) >= 11 is 13.0. The molecule has 26 heavy (non-hydrogen) atoms. The highest BCUT2D eigenvalue weighted by molar-refractivity contribution is 7.20. The first-order valence-electron chi connectivity index (χ1n) is 8.13. The van der Waals surface area contributed by atoms with Crippen LogP contribution in [0.4, 0.5) is 4.79 Å². The summed E-state index contributed by atoms with van der Waals surface area (Å²) in [7, 11) is 0. The molecule has 1 aromatic heterocycles. The van der Waals surface area contributed by atoms with E-state index in [1.165, 1.54) is 6.07 Å². The van der Waals surface area contributed by atoms with E-state index in [1.54, 1.807) is 0 Å². The van der Waals surface area contributed by atoms with E-state index in [0.717, 1.165) is 40.2 Å². The number of halogens is 2. The lowest BCUT2D eigenvalue weighted by Gasteiger charge is -2.33. The second kappa shape index (κ2) is 6.37. The molecule has 134 valence electrons. The van der Waals surface area contributed by atoms with Crippen molar-refractivity contribution in [2.45, 2.75) is 24.8 Å². The van der Waals surface area contributed by atoms with Crippen molar-refractivity contribution in [1.29, 1.82) is 0 Å². The Morgan fingerprint density at radius 1 is 1.27 bits per heavy atom. The van der Waals surface area contributed by atoms with Gasteiger partial charge in [0.15, 0.2) is 5.78 Å². The van der Waals surface area contributed by atoms with Crippen LogP contribution in [0.3, 0.4) is 0 Å². The van der Waals surface area contributed by atoms with Crippen LogP contribution in [0, 0.1) is 0 Å². The molecule has 2 aromatic rings. The summed E-state index contributed by atoms with van der Waals surface area (Å²) in [6.07, 6.45) is 2.17. The van der Waals surface area contributed by atoms with Gasteiger partial charge in [-0.15, -0.1) is 11.3 Å². The number of nitrogens with zero attached hydrogens (tertiary/aromatic N) is 1. The average Bonchev–Trinajstić information content (AvgIpc) is 3.07. The predicted molar refractivity (Wildman–Crippen MR) is 100.0 cm³/mol. The largest absolute Gasteiger partial charge is 0.325 e. The summed E-state index contributed by atoms with van der Waals surface area (Å²) < 4.78 is 0.637. The normalized spacial score (nSPS) is 21.8. The number of rotatable bonds is 3. The van der Waals surface area contributed by atoms with Crippen molar-refractivity contribution in [3.63, 3.8) is 0 Å². The zero-order valence-electron chi connectivity index (χ0n) is 13.6. The summed E-state index contributed by atoms with van der Waals surface area (Å²) in [6.45, 7) is -0.360. The molecule has 1 aliphatic carbocycles. The molecule has 2 heterocycles. The maximum atomic E-state index is 13.1. The first-order chi connectivity index (χ1) is 12.4. The summed E-state index contributed by atoms with van der Waals surface area (Å²) in [5.41, 5.74) is 1.01. The molecule has 1 N–H and O–H groups in total. The van der Waals surface area contributed by atoms with E-state index >= 15 is 0 Å². The number of thiophene rings is 1. The molecule has 0 unspecified atom stereocenters. The number of imide groups is 1. The van der Waals surface area contributed by atoms with Crippen molar-refractivity contribution in [1.82, 2.24) is 10.2 Å². The number of amides is 3. The zero-order valence-corrected chi connectivity index (χ0v) is 15.9. The number of nitrogens with one attached hydrogen (secondary N) is 1. The number of urea groups is 1. The van der Waals surface area contributed by atoms with Crippen molar-refractivity contribution >= 4 is 52.3 Å². The highest BCUT2D eigenvalue weighted by Crippen LogP contribution is 2.40. The van der Waals surface area contributed by atoms with Crippen LogP contribution in [0.1, 0.15) is 34.3 Å². The number of hydrogen-bond acceptors (Lipinski definition) is 4. The molecule has 0 radical (unpaired) electrons. The lowest BCUT2D eigenvalue weighted by atomic mass is 9.76. The Labute approximate surface area is 163 Å². The Hall–Kier alpha value is -1.89. The van der Waals surface area contributed by atoms with Gasteiger partial charge in [0.1, 0.15) is 9.88 Å². The van der Waals surface area contributed by atoms with Crippen LogP contribution in [-0.2, 0) is 16.8 Å². The number of benzene rings is 1. The van der Waals surface area contributed by atoms with Crippen LogP contribution in [-0.4, -0.2) is 29.2 Å². The van der Waals surface area contributed by atoms with Gasteiger partial charge in [0.2, 0.25) is 0 Å². The molecule has 0 saturated carbocycles. The van der Waals surface area contributed by atoms with Crippen LogP contribution in [0.15, 0.2) is 30.3 Å². The molecule has 5 nitrogen and oxygen atoms in total. The van der Waals surface area contributed by atoms with Crippen LogP contribution in [0.5, 0.6) is 0 Å². The number of carbonyl (C=O) groups is 3. The van der Waals surface area contributed by atoms with E-state index in [-0.39, 0.29) is 22.4 Å². The fraction of sp³-hybridized carbons (Fsp3) is 0.278. The average molecular weight is 409 g/mol. The van der Waals surface area contributed by atoms with Gasteiger partial charge in [-0.3, -0.25) is 14.5 Å². The van der Waals surface area contributed by atoms with Crippen LogP contribution < -0.4 is 5.32 Å². The maximum absolute atomic E-state index is 13.1. The highest BCUT2D eigenvalue weighted by atomic mass is 35.5. The summed E-state index contributed by atoms with van der Waals surface area (Å²) in [4.78, 5) is 39.2. The Bertz CT molecular complexity index is 942. The number of hydrogen-bond donors (Lipinski definition) is 1. The van der Waals surface area contributed by atoms with E-state index in [0.29, 0.717) is 10.8 Å². The number of ketones is 1. The van der Waals surface area contributed by atoms with E-state index in [4.69, 9.17) is 23.2 Å². The molecule has 1 saturated heterocycles. The maximum Gasteiger partial charge on any atom is 0.325 e. The predicted octanol–water partition coefficient (Wildman–Crippen LogP) is 4.02. The zero-order chi connectivity index (χ0) is 18.5. The van der Waals surface area contributed by atoms with Crippen LogP contribution in [0.2, 0.25) is 8.67 Å². The van der Waals surface area contributed by atoms with Crippen molar-refractivity contribution in [2.24, 2.45) is 0 Å². The minimum absolute atomic E-state index is 0.229. The molecule has 1 spiro atoms. The molecule has 3 amide bonds. The van der Waals surface area contributed by atoms with E-state index < -0.39 is 17.4 Å². The van der Waals surface area contributed by atoms with Gasteiger partial charge < -0.3 is 5.32 Å². The smallest absolute Gasteiger partial charge is 0.319 e. The number of fused-ring (bicyclic) bond motifs is 2. The fourth-order valence-electron chi connectivity index (χ4n) is 3.71. The van der Waals surface area contributed by atoms with Gasteiger partial charge in [-0.2, -0.15) is 0 Å². The van der Waals surface area contributed by atoms with Gasteiger partial charge in [0.05, 0.1) is 16.4 Å². The Balaban J connectivity index is 1.65. The van der Waals surface area contributed by atoms with Gasteiger partial charge >= 0.3 is 6.03 Å². The highest BCUT2D eigenvalue weighted by Gasteiger charge is 2.54. The third-order valence-electron chi connectivity index (χ3n) is 4.91. The second-order valence-electron chi connectivity index (χ2n) is 6.40. The van der Waals surface area contributed by atoms with E-state index in [1.807, 2.05) is 24.3 Å². The SMILES string of the molecule is O=C(CN1C(=O)N[C@]2(CCCc3ccccc32)C1=O)c1cc(Cl)sc1Cl. The van der Waals surface area contributed by atoms with Gasteiger partial charge in [-0.05, 0) is 36.5 Å². The van der Waals surface area contributed by atoms with Gasteiger partial charge in [-0.25, -0.2) is 4.79 Å². The van der Waals surface area contributed by atoms with Gasteiger partial charge in [0.25, 0.3) is 5.91 Å². The second-order valence-corrected chi connectivity index (χ2v) is 8.68. The summed E-state index contributed by atoms with van der Waals surface area (Å²) in [5, 5.41) is 2.83. The van der Waals surface area contributed by atoms with Crippen LogP contribution in [0.25, 0.3) is 0 Å². The minimum atomic E-state index is -1.08. The molecular weight excluding hydrogens is 395 g/mol. The topological polar surface area (TPSA) is 66.5 Å². The Morgan fingerprint density at radius 3 is 2.77 bits per heavy atom. The standard InChI is InChI=1S/C18H14Cl2N2O3S/c19-14-8-11(15(20)26-14)13(23)9-22-16(24)18(21-17(22)25)7-3-5-10-4-1-2-6-12(10)18/h1-2,4,6,8H,3,5,7,9H2,(H,21,25)/t18-/m0/s1. The quantitative estimate of drug-likeness (QED) is 0.615. The van der Waals surface area contributed by atoms with Crippen molar-refractivity contribution in [3.8, 4) is 0 Å². The molecule has 4 rings (SSSR count). The molecule has 8 heteroatoms. The fourth-order valence-corrected chi connectivity index (χ4v) is 5.21. The molecule has 0 bridgehead atoms. The van der Waals surface area contributed by atoms with Crippen molar-refractivity contribution in [2.75, 3.05) is 6.54 Å². The molecule has 2 aliphatic rings. The molecular formula is C18H14Cl2N2O3S. The van der Waals surface area contributed by atoms with E-state index in [2.05, 4.69) is 5.32 Å². The molecule has 1 aliphatic heterocycles. The Morgan fingerprint density at radius 2 is 2.04 bits per heavy atom. The van der Waals surface area contributed by atoms with Crippen LogP contribution >= 0.6 is 34.5 Å². The summed E-state index contributed by atoms with van der Waals surface area (Å²) in [6, 6.07) is 8.51. The molecule has 1 atom stereocenters. The molecule has 1 aromatic carbocycles. The van der Waals surface area contributed by atoms with E-state index in [9.17, 15) is 14.4 Å². The third-order valence-corrected chi connectivity index (χ3v) is 6.40. The van der Waals surface area contributed by atoms with Gasteiger partial charge in [-0.1, -0.05) is 47.5 Å². The molecule has 1 fully saturated rings. The lowest BCUT2D eigenvalue weighted by Crippen LogP contribution is -2.46. The minimum Gasteiger partial charge on any atom is -0.319 e. The summed E-state index contributed by atoms with van der Waals surface area (Å²) in [5.74, 6) is -0.803. The monoisotopic (exact) mass is 408 g/mol. The lowest BCUT2D eigenvalue weighted by molar-refractivity contribution is -0.131. The first kappa shape index (κ1) is 17.5. The number of Topliss-reactive ketones (excluding diaryl/α,β-unsaturated/α-hetero) is 1. The number of carbonyl (C=O) groups excluding carboxylic acids is 3. The Kier molecular flexibility index (Phi) is 4.29. The first-order valence-corrected chi connectivity index (χ1v) is 9.70. The van der Waals surface area contributed by atoms with Crippen molar-refractivity contribution in [3.05, 3.63) is 55.7 Å².